The Labute approximate surface area is 133 Å². The molecule has 2 aromatic carbocycles. The second-order valence-corrected chi connectivity index (χ2v) is 4.62. The number of rotatable bonds is 6. The molecule has 0 saturated carbocycles. The summed E-state index contributed by atoms with van der Waals surface area (Å²) in [6.07, 6.45) is 2.99. The molecule has 6 nitrogen and oxygen atoms in total. The van der Waals surface area contributed by atoms with Gasteiger partial charge in [0, 0.05) is 11.6 Å². The quantitative estimate of drug-likeness (QED) is 0.353. The normalized spacial score (nSPS) is 10.5. The zero-order chi connectivity index (χ0) is 16.8. The Balaban J connectivity index is 2.25. The van der Waals surface area contributed by atoms with Crippen LogP contribution < -0.4 is 9.47 Å². The van der Waals surface area contributed by atoms with Crippen molar-refractivity contribution in [3.8, 4) is 11.5 Å². The number of carbonyl (C=O) groups is 1. The van der Waals surface area contributed by atoms with Crippen LogP contribution in [-0.4, -0.2) is 24.9 Å². The van der Waals surface area contributed by atoms with Gasteiger partial charge in [-0.3, -0.25) is 14.9 Å². The van der Waals surface area contributed by atoms with E-state index < -0.39 is 4.92 Å². The van der Waals surface area contributed by atoms with Gasteiger partial charge in [0.15, 0.2) is 11.5 Å². The molecule has 6 heteroatoms. The molecule has 0 heterocycles. The van der Waals surface area contributed by atoms with Crippen LogP contribution in [0.5, 0.6) is 11.5 Å². The number of nitrogens with zero attached hydrogens (tertiary/aromatic N) is 1. The van der Waals surface area contributed by atoms with E-state index in [4.69, 9.17) is 9.47 Å². The van der Waals surface area contributed by atoms with Gasteiger partial charge in [0.25, 0.3) is 0 Å². The molecule has 0 spiro atoms. The Morgan fingerprint density at radius 3 is 2.57 bits per heavy atom. The van der Waals surface area contributed by atoms with Gasteiger partial charge in [-0.1, -0.05) is 18.2 Å². The molecule has 0 aromatic heterocycles. The second kappa shape index (κ2) is 7.22. The molecule has 118 valence electrons. The molecule has 0 aliphatic rings. The molecule has 0 aliphatic carbocycles. The van der Waals surface area contributed by atoms with Crippen molar-refractivity contribution in [2.24, 2.45) is 0 Å². The van der Waals surface area contributed by atoms with E-state index in [-0.39, 0.29) is 22.8 Å². The van der Waals surface area contributed by atoms with Crippen LogP contribution in [0.3, 0.4) is 0 Å². The minimum Gasteiger partial charge on any atom is -0.497 e. The number of hydrogen-bond acceptors (Lipinski definition) is 5. The Kier molecular flexibility index (Phi) is 5.09. The lowest BCUT2D eigenvalue weighted by Gasteiger charge is -2.03. The van der Waals surface area contributed by atoms with Crippen LogP contribution in [0.1, 0.15) is 15.9 Å². The van der Waals surface area contributed by atoms with Crippen molar-refractivity contribution in [1.29, 1.82) is 0 Å². The van der Waals surface area contributed by atoms with E-state index in [1.807, 2.05) is 6.07 Å². The van der Waals surface area contributed by atoms with E-state index >= 15 is 0 Å². The summed E-state index contributed by atoms with van der Waals surface area (Å²) >= 11 is 0. The van der Waals surface area contributed by atoms with Crippen LogP contribution in [0.2, 0.25) is 0 Å². The highest BCUT2D eigenvalue weighted by Crippen LogP contribution is 2.27. The maximum Gasteiger partial charge on any atom is 0.311 e. The average molecular weight is 313 g/mol. The first-order valence-electron chi connectivity index (χ1n) is 6.74. The zero-order valence-electron chi connectivity index (χ0n) is 12.7. The van der Waals surface area contributed by atoms with Crippen LogP contribution >= 0.6 is 0 Å². The van der Waals surface area contributed by atoms with Crippen molar-refractivity contribution in [1.82, 2.24) is 0 Å². The molecule has 0 amide bonds. The Morgan fingerprint density at radius 2 is 1.91 bits per heavy atom. The largest absolute Gasteiger partial charge is 0.497 e. The van der Waals surface area contributed by atoms with E-state index in [1.165, 1.54) is 31.4 Å². The summed E-state index contributed by atoms with van der Waals surface area (Å²) in [5.74, 6) is 0.460. The average Bonchev–Trinajstić information content (AvgIpc) is 2.59. The fraction of sp³-hybridized carbons (Fsp3) is 0.118. The fourth-order valence-corrected chi connectivity index (χ4v) is 2.00. The van der Waals surface area contributed by atoms with Crippen LogP contribution in [0.15, 0.2) is 48.5 Å². The van der Waals surface area contributed by atoms with E-state index in [9.17, 15) is 14.9 Å². The minimum absolute atomic E-state index is 0.114. The molecule has 0 bridgehead atoms. The summed E-state index contributed by atoms with van der Waals surface area (Å²) in [5.41, 5.74) is 0.769. The smallest absolute Gasteiger partial charge is 0.311 e. The Hall–Kier alpha value is -3.15. The van der Waals surface area contributed by atoms with Gasteiger partial charge in [-0.05, 0) is 35.9 Å². The highest BCUT2D eigenvalue weighted by atomic mass is 16.6. The number of allylic oxidation sites excluding steroid dienone is 1. The lowest BCUT2D eigenvalue weighted by atomic mass is 10.1. The predicted octanol–water partition coefficient (Wildman–Crippen LogP) is 3.51. The number of nitro groups is 1. The standard InChI is InChI=1S/C17H15NO5/c1-22-14-5-3-4-12(10-14)6-8-16(19)13-7-9-17(23-2)15(11-13)18(20)21/h3-11H,1-2H3/b8-6+. The summed E-state index contributed by atoms with van der Waals surface area (Å²) in [6, 6.07) is 11.3. The highest BCUT2D eigenvalue weighted by molar-refractivity contribution is 6.07. The molecule has 2 aromatic rings. The number of nitro benzene ring substituents is 1. The van der Waals surface area contributed by atoms with Gasteiger partial charge >= 0.3 is 5.69 Å². The molecule has 0 aliphatic heterocycles. The molecular formula is C17H15NO5. The van der Waals surface area contributed by atoms with Crippen LogP contribution in [0.4, 0.5) is 5.69 Å². The van der Waals surface area contributed by atoms with Crippen LogP contribution in [0, 0.1) is 10.1 Å². The molecule has 0 fully saturated rings. The Morgan fingerprint density at radius 1 is 1.13 bits per heavy atom. The predicted molar refractivity (Wildman–Crippen MR) is 86.0 cm³/mol. The molecule has 0 N–H and O–H groups in total. The number of carbonyl (C=O) groups excluding carboxylic acids is 1. The number of ketones is 1. The topological polar surface area (TPSA) is 78.7 Å². The first-order valence-corrected chi connectivity index (χ1v) is 6.74. The summed E-state index contributed by atoms with van der Waals surface area (Å²) in [7, 11) is 2.90. The first-order chi connectivity index (χ1) is 11.0. The maximum absolute atomic E-state index is 12.2. The van der Waals surface area contributed by atoms with E-state index in [0.29, 0.717) is 5.75 Å². The van der Waals surface area contributed by atoms with Gasteiger partial charge in [0.1, 0.15) is 5.75 Å². The van der Waals surface area contributed by atoms with Gasteiger partial charge in [-0.2, -0.15) is 0 Å². The lowest BCUT2D eigenvalue weighted by Crippen LogP contribution is -1.99. The van der Waals surface area contributed by atoms with Crippen LogP contribution in [0.25, 0.3) is 6.08 Å². The third-order valence-electron chi connectivity index (χ3n) is 3.18. The number of methoxy groups -OCH3 is 2. The molecule has 0 unspecified atom stereocenters. The van der Waals surface area contributed by atoms with E-state index in [0.717, 1.165) is 5.56 Å². The molecule has 0 atom stereocenters. The van der Waals surface area contributed by atoms with Gasteiger partial charge in [-0.25, -0.2) is 0 Å². The Bertz CT molecular complexity index is 767. The van der Waals surface area contributed by atoms with E-state index in [2.05, 4.69) is 0 Å². The van der Waals surface area contributed by atoms with Crippen molar-refractivity contribution in [2.45, 2.75) is 0 Å². The molecule has 0 radical (unpaired) electrons. The third kappa shape index (κ3) is 3.94. The first kappa shape index (κ1) is 16.2. The van der Waals surface area contributed by atoms with E-state index in [1.54, 1.807) is 31.4 Å². The molecular weight excluding hydrogens is 298 g/mol. The van der Waals surface area contributed by atoms with Crippen molar-refractivity contribution >= 4 is 17.5 Å². The fourth-order valence-electron chi connectivity index (χ4n) is 2.00. The molecule has 2 rings (SSSR count). The van der Waals surface area contributed by atoms with Gasteiger partial charge in [0.2, 0.25) is 0 Å². The van der Waals surface area contributed by atoms with Gasteiger partial charge < -0.3 is 9.47 Å². The minimum atomic E-state index is -0.582. The molecule has 0 saturated heterocycles. The second-order valence-electron chi connectivity index (χ2n) is 4.62. The summed E-state index contributed by atoms with van der Waals surface area (Å²) in [4.78, 5) is 22.6. The summed E-state index contributed by atoms with van der Waals surface area (Å²) in [5, 5.41) is 11.0. The third-order valence-corrected chi connectivity index (χ3v) is 3.18. The van der Waals surface area contributed by atoms with Crippen molar-refractivity contribution in [2.75, 3.05) is 14.2 Å². The van der Waals surface area contributed by atoms with Gasteiger partial charge in [0.05, 0.1) is 19.1 Å². The number of ether oxygens (including phenoxy) is 2. The molecule has 23 heavy (non-hydrogen) atoms. The van der Waals surface area contributed by atoms with Crippen LogP contribution in [-0.2, 0) is 0 Å². The summed E-state index contributed by atoms with van der Waals surface area (Å²) < 4.78 is 10.0. The SMILES string of the molecule is COc1cccc(/C=C/C(=O)c2ccc(OC)c([N+](=O)[O-])c2)c1. The number of hydrogen-bond donors (Lipinski definition) is 0. The highest BCUT2D eigenvalue weighted by Gasteiger charge is 2.17. The van der Waals surface area contributed by atoms with Crippen molar-refractivity contribution < 1.29 is 19.2 Å². The van der Waals surface area contributed by atoms with Gasteiger partial charge in [-0.15, -0.1) is 0 Å². The maximum atomic E-state index is 12.2. The number of benzene rings is 2. The lowest BCUT2D eigenvalue weighted by molar-refractivity contribution is -0.385. The summed E-state index contributed by atoms with van der Waals surface area (Å²) in [6.45, 7) is 0. The van der Waals surface area contributed by atoms with Crippen molar-refractivity contribution in [3.63, 3.8) is 0 Å². The monoisotopic (exact) mass is 313 g/mol. The zero-order valence-corrected chi connectivity index (χ0v) is 12.7. The van der Waals surface area contributed by atoms with Crippen molar-refractivity contribution in [3.05, 3.63) is 69.8 Å².